The van der Waals surface area contributed by atoms with Crippen LogP contribution in [0.5, 0.6) is 0 Å². The molecular formula is C16H16F3N3O3. The molecule has 9 heteroatoms. The van der Waals surface area contributed by atoms with Gasteiger partial charge in [-0.3, -0.25) is 4.79 Å². The fraction of sp³-hybridized carbons (Fsp3) is 0.375. The van der Waals surface area contributed by atoms with Gasteiger partial charge in [-0.25, -0.2) is 0 Å². The molecule has 0 radical (unpaired) electrons. The summed E-state index contributed by atoms with van der Waals surface area (Å²) in [6.07, 6.45) is -3.30. The van der Waals surface area contributed by atoms with Crippen LogP contribution in [-0.2, 0) is 17.5 Å². The first-order valence-electron chi connectivity index (χ1n) is 7.66. The van der Waals surface area contributed by atoms with Crippen molar-refractivity contribution in [2.24, 2.45) is 0 Å². The van der Waals surface area contributed by atoms with Gasteiger partial charge in [-0.2, -0.15) is 13.2 Å². The van der Waals surface area contributed by atoms with E-state index in [0.29, 0.717) is 32.0 Å². The van der Waals surface area contributed by atoms with Gasteiger partial charge in [0, 0.05) is 31.4 Å². The van der Waals surface area contributed by atoms with Gasteiger partial charge in [0.2, 0.25) is 0 Å². The van der Waals surface area contributed by atoms with Crippen molar-refractivity contribution >= 4 is 11.6 Å². The highest BCUT2D eigenvalue weighted by molar-refractivity contribution is 5.91. The number of halogens is 3. The second-order valence-electron chi connectivity index (χ2n) is 5.51. The largest absolute Gasteiger partial charge is 0.416 e. The number of benzene rings is 1. The molecule has 0 bridgehead atoms. The summed E-state index contributed by atoms with van der Waals surface area (Å²) in [5.74, 6) is -0.598. The standard InChI is InChI=1S/C16H16F3N3O3/c17-16(18,19)13-9-12(22-4-7-24-8-5-22)2-1-11(13)10-20-15(23)14-3-6-25-21-14/h1-3,6,9H,4-5,7-8,10H2,(H,20,23). The number of carbonyl (C=O) groups is 1. The van der Waals surface area contributed by atoms with Gasteiger partial charge in [0.15, 0.2) is 5.69 Å². The van der Waals surface area contributed by atoms with E-state index in [-0.39, 0.29) is 17.8 Å². The number of aromatic nitrogens is 1. The molecule has 2 heterocycles. The third kappa shape index (κ3) is 4.11. The van der Waals surface area contributed by atoms with Crippen LogP contribution in [0.1, 0.15) is 21.6 Å². The Balaban J connectivity index is 1.79. The lowest BCUT2D eigenvalue weighted by Gasteiger charge is -2.29. The minimum Gasteiger partial charge on any atom is -0.378 e. The van der Waals surface area contributed by atoms with Crippen molar-refractivity contribution in [2.75, 3.05) is 31.2 Å². The average molecular weight is 355 g/mol. The number of nitrogens with zero attached hydrogens (tertiary/aromatic N) is 2. The van der Waals surface area contributed by atoms with Crippen LogP contribution in [-0.4, -0.2) is 37.4 Å². The molecule has 0 saturated carbocycles. The van der Waals surface area contributed by atoms with Gasteiger partial charge < -0.3 is 19.5 Å². The average Bonchev–Trinajstić information content (AvgIpc) is 3.14. The second kappa shape index (κ2) is 7.14. The van der Waals surface area contributed by atoms with Crippen LogP contribution in [0.4, 0.5) is 18.9 Å². The van der Waals surface area contributed by atoms with Crippen LogP contribution in [0, 0.1) is 0 Å². The fourth-order valence-electron chi connectivity index (χ4n) is 2.60. The smallest absolute Gasteiger partial charge is 0.378 e. The van der Waals surface area contributed by atoms with Gasteiger partial charge in [0.05, 0.1) is 18.8 Å². The highest BCUT2D eigenvalue weighted by Gasteiger charge is 2.34. The number of hydrogen-bond acceptors (Lipinski definition) is 5. The van der Waals surface area contributed by atoms with E-state index in [1.165, 1.54) is 18.4 Å². The Bertz CT molecular complexity index is 726. The summed E-state index contributed by atoms with van der Waals surface area (Å²) in [5.41, 5.74) is -0.279. The summed E-state index contributed by atoms with van der Waals surface area (Å²) in [6.45, 7) is 1.79. The minimum absolute atomic E-state index is 0.0125. The van der Waals surface area contributed by atoms with E-state index in [2.05, 4.69) is 15.0 Å². The van der Waals surface area contributed by atoms with Crippen LogP contribution in [0.15, 0.2) is 35.1 Å². The first kappa shape index (κ1) is 17.3. The maximum atomic E-state index is 13.4. The summed E-state index contributed by atoms with van der Waals surface area (Å²) in [4.78, 5) is 13.7. The Hall–Kier alpha value is -2.55. The predicted molar refractivity (Wildman–Crippen MR) is 82.1 cm³/mol. The number of morpholine rings is 1. The van der Waals surface area contributed by atoms with E-state index in [4.69, 9.17) is 4.74 Å². The molecule has 6 nitrogen and oxygen atoms in total. The highest BCUT2D eigenvalue weighted by Crippen LogP contribution is 2.35. The number of anilines is 1. The first-order valence-corrected chi connectivity index (χ1v) is 7.66. The van der Waals surface area contributed by atoms with E-state index in [1.807, 2.05) is 4.90 Å². The monoisotopic (exact) mass is 355 g/mol. The SMILES string of the molecule is O=C(NCc1ccc(N2CCOCC2)cc1C(F)(F)F)c1ccon1. The van der Waals surface area contributed by atoms with Crippen LogP contribution in [0.3, 0.4) is 0 Å². The van der Waals surface area contributed by atoms with Crippen molar-refractivity contribution in [3.05, 3.63) is 47.3 Å². The Morgan fingerprint density at radius 2 is 2.00 bits per heavy atom. The predicted octanol–water partition coefficient (Wildman–Crippen LogP) is 2.46. The Labute approximate surface area is 141 Å². The topological polar surface area (TPSA) is 67.6 Å². The van der Waals surface area contributed by atoms with Crippen molar-refractivity contribution in [3.8, 4) is 0 Å². The van der Waals surface area contributed by atoms with Crippen molar-refractivity contribution in [2.45, 2.75) is 12.7 Å². The molecule has 0 spiro atoms. The molecule has 3 rings (SSSR count). The van der Waals surface area contributed by atoms with Gasteiger partial charge in [0.25, 0.3) is 5.91 Å². The zero-order valence-electron chi connectivity index (χ0n) is 13.2. The third-order valence-corrected chi connectivity index (χ3v) is 3.88. The molecule has 1 saturated heterocycles. The maximum Gasteiger partial charge on any atom is 0.416 e. The van der Waals surface area contributed by atoms with E-state index >= 15 is 0 Å². The molecule has 1 amide bonds. The van der Waals surface area contributed by atoms with Crippen LogP contribution < -0.4 is 10.2 Å². The number of hydrogen-bond donors (Lipinski definition) is 1. The summed E-state index contributed by atoms with van der Waals surface area (Å²) in [6, 6.07) is 5.46. The fourth-order valence-corrected chi connectivity index (χ4v) is 2.60. The number of ether oxygens (including phenoxy) is 1. The van der Waals surface area contributed by atoms with Gasteiger partial charge in [-0.15, -0.1) is 0 Å². The minimum atomic E-state index is -4.52. The normalized spacial score (nSPS) is 15.2. The summed E-state index contributed by atoms with van der Waals surface area (Å²) >= 11 is 0. The number of carbonyl (C=O) groups excluding carboxylic acids is 1. The lowest BCUT2D eigenvalue weighted by Crippen LogP contribution is -2.36. The quantitative estimate of drug-likeness (QED) is 0.913. The number of alkyl halides is 3. The number of nitrogens with one attached hydrogen (secondary N) is 1. The Morgan fingerprint density at radius 3 is 2.64 bits per heavy atom. The van der Waals surface area contributed by atoms with E-state index in [0.717, 1.165) is 6.07 Å². The lowest BCUT2D eigenvalue weighted by molar-refractivity contribution is -0.138. The third-order valence-electron chi connectivity index (χ3n) is 3.88. The molecule has 0 atom stereocenters. The van der Waals surface area contributed by atoms with Crippen LogP contribution in [0.25, 0.3) is 0 Å². The molecule has 1 aliphatic heterocycles. The molecule has 1 aromatic heterocycles. The Morgan fingerprint density at radius 1 is 1.24 bits per heavy atom. The summed E-state index contributed by atoms with van der Waals surface area (Å²) < 4.78 is 50.0. The van der Waals surface area contributed by atoms with Crippen molar-refractivity contribution in [1.29, 1.82) is 0 Å². The van der Waals surface area contributed by atoms with E-state index in [9.17, 15) is 18.0 Å². The second-order valence-corrected chi connectivity index (χ2v) is 5.51. The molecule has 1 aromatic carbocycles. The van der Waals surface area contributed by atoms with Crippen molar-refractivity contribution in [1.82, 2.24) is 10.5 Å². The molecule has 1 N–H and O–H groups in total. The summed E-state index contributed by atoms with van der Waals surface area (Å²) in [5, 5.41) is 5.86. The number of rotatable bonds is 4. The van der Waals surface area contributed by atoms with E-state index in [1.54, 1.807) is 6.07 Å². The number of amides is 1. The van der Waals surface area contributed by atoms with Crippen molar-refractivity contribution < 1.29 is 27.2 Å². The molecule has 2 aromatic rings. The first-order chi connectivity index (χ1) is 11.9. The molecule has 25 heavy (non-hydrogen) atoms. The molecule has 0 unspecified atom stereocenters. The summed E-state index contributed by atoms with van der Waals surface area (Å²) in [7, 11) is 0. The zero-order valence-corrected chi connectivity index (χ0v) is 13.2. The van der Waals surface area contributed by atoms with Gasteiger partial charge >= 0.3 is 6.18 Å². The highest BCUT2D eigenvalue weighted by atomic mass is 19.4. The van der Waals surface area contributed by atoms with Crippen LogP contribution in [0.2, 0.25) is 0 Å². The van der Waals surface area contributed by atoms with Crippen molar-refractivity contribution in [3.63, 3.8) is 0 Å². The van der Waals surface area contributed by atoms with E-state index < -0.39 is 17.6 Å². The maximum absolute atomic E-state index is 13.4. The molecule has 1 aliphatic rings. The lowest BCUT2D eigenvalue weighted by atomic mass is 10.0. The van der Waals surface area contributed by atoms with Gasteiger partial charge in [0.1, 0.15) is 6.26 Å². The molecule has 1 fully saturated rings. The van der Waals surface area contributed by atoms with Gasteiger partial charge in [-0.1, -0.05) is 11.2 Å². The molecule has 134 valence electrons. The Kier molecular flexibility index (Phi) is 4.93. The van der Waals surface area contributed by atoms with Gasteiger partial charge in [-0.05, 0) is 17.7 Å². The van der Waals surface area contributed by atoms with Crippen LogP contribution >= 0.6 is 0 Å². The molecule has 0 aliphatic carbocycles. The zero-order chi connectivity index (χ0) is 17.9. The molecular weight excluding hydrogens is 339 g/mol.